The van der Waals surface area contributed by atoms with Gasteiger partial charge in [0, 0.05) is 23.3 Å². The molecular formula is C17H13ClN2O7. The van der Waals surface area contributed by atoms with Crippen molar-refractivity contribution in [3.05, 3.63) is 93.7 Å². The van der Waals surface area contributed by atoms with Gasteiger partial charge < -0.3 is 4.42 Å². The van der Waals surface area contributed by atoms with E-state index >= 15 is 0 Å². The summed E-state index contributed by atoms with van der Waals surface area (Å²) >= 11 is 0. The summed E-state index contributed by atoms with van der Waals surface area (Å²) in [6.07, 6.45) is 5.16. The molecule has 3 heterocycles. The third-order valence-electron chi connectivity index (χ3n) is 4.15. The predicted molar refractivity (Wildman–Crippen MR) is 78.5 cm³/mol. The number of hydrogen-bond acceptors (Lipinski definition) is 7. The summed E-state index contributed by atoms with van der Waals surface area (Å²) in [5.74, 6) is -0.190. The van der Waals surface area contributed by atoms with E-state index in [1.165, 1.54) is 5.56 Å². The molecule has 0 bridgehead atoms. The van der Waals surface area contributed by atoms with Crippen molar-refractivity contribution in [2.45, 2.75) is 12.5 Å². The fourth-order valence-corrected chi connectivity index (χ4v) is 3.22. The number of halogens is 1. The van der Waals surface area contributed by atoms with Crippen LogP contribution in [0.2, 0.25) is 0 Å². The summed E-state index contributed by atoms with van der Waals surface area (Å²) in [6, 6.07) is 13.2. The molecule has 0 spiro atoms. The lowest BCUT2D eigenvalue weighted by Crippen LogP contribution is -2.68. The van der Waals surface area contributed by atoms with Crippen molar-refractivity contribution in [2.24, 2.45) is 0 Å². The number of furan rings is 1. The largest absolute Gasteiger partial charge is 0.472 e. The van der Waals surface area contributed by atoms with Crippen LogP contribution in [0, 0.1) is 20.4 Å². The summed E-state index contributed by atoms with van der Waals surface area (Å²) in [7, 11) is -4.94. The number of nitrogens with zero attached hydrogens (tertiary/aromatic N) is 2. The first kappa shape index (κ1) is 19.0. The second kappa shape index (κ2) is 7.43. The Morgan fingerprint density at radius 2 is 1.78 bits per heavy atom. The molecule has 1 aromatic carbocycles. The molecule has 140 valence electrons. The Bertz CT molecular complexity index is 948. The van der Waals surface area contributed by atoms with E-state index in [1.807, 2.05) is 35.0 Å². The number of pyridine rings is 1. The van der Waals surface area contributed by atoms with Crippen LogP contribution in [0.15, 0.2) is 65.6 Å². The van der Waals surface area contributed by atoms with Gasteiger partial charge in [-0.3, -0.25) is 10.1 Å². The van der Waals surface area contributed by atoms with Gasteiger partial charge in [0.2, 0.25) is 0 Å². The van der Waals surface area contributed by atoms with Gasteiger partial charge in [0.15, 0.2) is 12.7 Å². The number of hydrogen-bond donors (Lipinski definition) is 0. The lowest BCUT2D eigenvalue weighted by atomic mass is 9.83. The summed E-state index contributed by atoms with van der Waals surface area (Å²) in [4.78, 5) is 11.2. The maximum Gasteiger partial charge on any atom is 0.336 e. The van der Waals surface area contributed by atoms with Crippen LogP contribution in [0.1, 0.15) is 28.3 Å². The van der Waals surface area contributed by atoms with Crippen LogP contribution in [0.4, 0.5) is 5.69 Å². The van der Waals surface area contributed by atoms with Gasteiger partial charge in [0.25, 0.3) is 5.69 Å². The smallest absolute Gasteiger partial charge is 0.336 e. The molecule has 0 N–H and O–H groups in total. The van der Waals surface area contributed by atoms with E-state index in [2.05, 4.69) is 6.07 Å². The molecule has 0 aliphatic carbocycles. The first-order chi connectivity index (χ1) is 12.8. The van der Waals surface area contributed by atoms with Crippen LogP contribution < -0.4 is 23.2 Å². The van der Waals surface area contributed by atoms with Crippen molar-refractivity contribution in [2.75, 3.05) is 0 Å². The van der Waals surface area contributed by atoms with Gasteiger partial charge >= 0.3 is 5.69 Å². The van der Waals surface area contributed by atoms with Crippen LogP contribution in [0.5, 0.6) is 0 Å². The Morgan fingerprint density at radius 3 is 2.41 bits per heavy atom. The minimum Gasteiger partial charge on any atom is -0.472 e. The molecule has 2 aromatic heterocycles. The molecule has 1 atom stereocenters. The van der Waals surface area contributed by atoms with Gasteiger partial charge in [-0.05, 0) is 11.6 Å². The summed E-state index contributed by atoms with van der Waals surface area (Å²) in [5, 5.41) is 11.5. The van der Waals surface area contributed by atoms with E-state index in [0.717, 1.165) is 11.1 Å². The van der Waals surface area contributed by atoms with Crippen molar-refractivity contribution < 1.29 is 42.8 Å². The van der Waals surface area contributed by atoms with Crippen LogP contribution >= 0.6 is 0 Å². The standard InChI is InChI=1S/C17H13N2O3.ClHO4/c20-19(21)15-6-3-8-18-10-12-4-1-2-5-14(12)16(17(15)18)13-7-9-22-11-13;2-1(3,4)5/h1-9,11,16H,10H2;(H,2,3,4,5)/q+1;/p-1. The molecule has 0 saturated carbocycles. The summed E-state index contributed by atoms with van der Waals surface area (Å²) in [5.41, 5.74) is 4.04. The third kappa shape index (κ3) is 4.30. The summed E-state index contributed by atoms with van der Waals surface area (Å²) < 4.78 is 41.1. The normalized spacial score (nSPS) is 15.2. The maximum atomic E-state index is 11.5. The minimum absolute atomic E-state index is 0.142. The zero-order chi connectivity index (χ0) is 19.6. The quantitative estimate of drug-likeness (QED) is 0.223. The van der Waals surface area contributed by atoms with E-state index < -0.39 is 10.2 Å². The molecule has 0 radical (unpaired) electrons. The first-order valence-corrected chi connectivity index (χ1v) is 8.87. The van der Waals surface area contributed by atoms with Crippen LogP contribution in [-0.4, -0.2) is 4.92 Å². The molecule has 1 aliphatic heterocycles. The van der Waals surface area contributed by atoms with E-state index in [-0.39, 0.29) is 16.5 Å². The van der Waals surface area contributed by atoms with E-state index in [9.17, 15) is 10.1 Å². The van der Waals surface area contributed by atoms with Gasteiger partial charge in [-0.1, -0.05) is 24.3 Å². The highest BCUT2D eigenvalue weighted by molar-refractivity contribution is 5.49. The predicted octanol–water partition coefficient (Wildman–Crippen LogP) is -1.74. The molecular weight excluding hydrogens is 380 g/mol. The molecule has 3 aromatic rings. The number of benzene rings is 1. The molecule has 0 saturated heterocycles. The van der Waals surface area contributed by atoms with Crippen molar-refractivity contribution in [3.63, 3.8) is 0 Å². The Labute approximate surface area is 155 Å². The molecule has 1 aliphatic rings. The SMILES string of the molecule is O=[N+]([O-])c1ccc[n+]2c1C(c1ccoc1)c1ccccc1C2.[O-][Cl+3]([O-])([O-])[O-]. The van der Waals surface area contributed by atoms with Crippen molar-refractivity contribution in [1.29, 1.82) is 0 Å². The molecule has 27 heavy (non-hydrogen) atoms. The molecule has 0 amide bonds. The second-order valence-corrected chi connectivity index (χ2v) is 6.49. The minimum atomic E-state index is -4.94. The molecule has 1 unspecified atom stereocenters. The van der Waals surface area contributed by atoms with Gasteiger partial charge in [-0.2, -0.15) is 4.57 Å². The maximum absolute atomic E-state index is 11.5. The van der Waals surface area contributed by atoms with Gasteiger partial charge in [-0.25, -0.2) is 18.6 Å². The lowest BCUT2D eigenvalue weighted by molar-refractivity contribution is -2.00. The van der Waals surface area contributed by atoms with Gasteiger partial charge in [-0.15, -0.1) is 10.2 Å². The van der Waals surface area contributed by atoms with Crippen LogP contribution in [0.25, 0.3) is 0 Å². The molecule has 10 heteroatoms. The topological polar surface area (TPSA) is 152 Å². The van der Waals surface area contributed by atoms with Gasteiger partial charge in [0.1, 0.15) is 5.92 Å². The summed E-state index contributed by atoms with van der Waals surface area (Å²) in [6.45, 7) is 0.640. The van der Waals surface area contributed by atoms with Crippen LogP contribution in [0.3, 0.4) is 0 Å². The highest BCUT2D eigenvalue weighted by atomic mass is 35.7. The van der Waals surface area contributed by atoms with Crippen molar-refractivity contribution >= 4 is 5.69 Å². The number of nitro groups is 1. The van der Waals surface area contributed by atoms with E-state index in [1.54, 1.807) is 24.7 Å². The number of aromatic nitrogens is 1. The highest BCUT2D eigenvalue weighted by Gasteiger charge is 2.39. The Hall–Kier alpha value is -2.82. The second-order valence-electron chi connectivity index (χ2n) is 5.73. The Kier molecular flexibility index (Phi) is 5.22. The number of rotatable bonds is 2. The lowest BCUT2D eigenvalue weighted by Gasteiger charge is -2.22. The van der Waals surface area contributed by atoms with Crippen LogP contribution in [-0.2, 0) is 6.54 Å². The van der Waals surface area contributed by atoms with Crippen molar-refractivity contribution in [3.8, 4) is 0 Å². The zero-order valence-electron chi connectivity index (χ0n) is 13.7. The zero-order valence-corrected chi connectivity index (χ0v) is 14.4. The number of fused-ring (bicyclic) bond motifs is 2. The van der Waals surface area contributed by atoms with E-state index in [0.29, 0.717) is 12.2 Å². The fraction of sp³-hybridized carbons (Fsp3) is 0.118. The van der Waals surface area contributed by atoms with E-state index in [4.69, 9.17) is 23.1 Å². The monoisotopic (exact) mass is 392 g/mol. The highest BCUT2D eigenvalue weighted by Crippen LogP contribution is 2.38. The Balaban J connectivity index is 0.000000376. The average molecular weight is 393 g/mol. The molecule has 0 fully saturated rings. The molecule has 9 nitrogen and oxygen atoms in total. The fourth-order valence-electron chi connectivity index (χ4n) is 3.22. The average Bonchev–Trinajstić information content (AvgIpc) is 3.11. The van der Waals surface area contributed by atoms with Gasteiger partial charge in [0.05, 0.1) is 17.4 Å². The molecule has 4 rings (SSSR count). The third-order valence-corrected chi connectivity index (χ3v) is 4.15. The Morgan fingerprint density at radius 1 is 1.07 bits per heavy atom. The van der Waals surface area contributed by atoms with Crippen molar-refractivity contribution in [1.82, 2.24) is 0 Å². The first-order valence-electron chi connectivity index (χ1n) is 7.64.